The SMILES string of the molecule is CCCOc1ccc2ccccc2c1CN(C)C(=O)Cn1cnc2sc(C)c(C)c2c1=O. The summed E-state index contributed by atoms with van der Waals surface area (Å²) in [6.45, 7) is 6.92. The lowest BCUT2D eigenvalue weighted by Crippen LogP contribution is -2.33. The van der Waals surface area contributed by atoms with Gasteiger partial charge in [0.1, 0.15) is 17.1 Å². The Morgan fingerprint density at radius 1 is 1.19 bits per heavy atom. The van der Waals surface area contributed by atoms with Gasteiger partial charge in [0.2, 0.25) is 5.91 Å². The van der Waals surface area contributed by atoms with Gasteiger partial charge in [-0.15, -0.1) is 11.3 Å². The molecule has 0 radical (unpaired) electrons. The highest BCUT2D eigenvalue weighted by molar-refractivity contribution is 7.18. The van der Waals surface area contributed by atoms with Gasteiger partial charge in [-0.3, -0.25) is 14.2 Å². The molecule has 2 heterocycles. The van der Waals surface area contributed by atoms with Crippen LogP contribution in [0.15, 0.2) is 47.5 Å². The van der Waals surface area contributed by atoms with Gasteiger partial charge in [0, 0.05) is 24.0 Å². The second kappa shape index (κ2) is 9.12. The number of carbonyl (C=O) groups excluding carboxylic acids is 1. The molecule has 4 aromatic rings. The Hall–Kier alpha value is -3.19. The van der Waals surface area contributed by atoms with Gasteiger partial charge < -0.3 is 9.64 Å². The van der Waals surface area contributed by atoms with Crippen molar-refractivity contribution in [1.82, 2.24) is 14.5 Å². The molecule has 0 saturated heterocycles. The fourth-order valence-electron chi connectivity index (χ4n) is 3.80. The normalized spacial score (nSPS) is 11.2. The molecule has 4 rings (SSSR count). The van der Waals surface area contributed by atoms with Crippen molar-refractivity contribution in [1.29, 1.82) is 0 Å². The summed E-state index contributed by atoms with van der Waals surface area (Å²) < 4.78 is 7.37. The Kier molecular flexibility index (Phi) is 6.28. The lowest BCUT2D eigenvalue weighted by atomic mass is 10.0. The van der Waals surface area contributed by atoms with Crippen molar-refractivity contribution in [2.75, 3.05) is 13.7 Å². The molecule has 0 atom stereocenters. The van der Waals surface area contributed by atoms with Crippen LogP contribution in [-0.2, 0) is 17.9 Å². The van der Waals surface area contributed by atoms with Gasteiger partial charge >= 0.3 is 0 Å². The summed E-state index contributed by atoms with van der Waals surface area (Å²) in [7, 11) is 1.75. The fraction of sp³-hybridized carbons (Fsp3) is 0.320. The number of hydrogen-bond donors (Lipinski definition) is 0. The first-order valence-corrected chi connectivity index (χ1v) is 11.5. The van der Waals surface area contributed by atoms with Crippen molar-refractivity contribution in [3.05, 3.63) is 69.1 Å². The molecule has 0 fully saturated rings. The second-order valence-electron chi connectivity index (χ2n) is 8.00. The van der Waals surface area contributed by atoms with Crippen LogP contribution >= 0.6 is 11.3 Å². The first-order chi connectivity index (χ1) is 15.4. The summed E-state index contributed by atoms with van der Waals surface area (Å²) in [5, 5.41) is 2.77. The smallest absolute Gasteiger partial charge is 0.262 e. The quantitative estimate of drug-likeness (QED) is 0.411. The van der Waals surface area contributed by atoms with Crippen LogP contribution in [0.2, 0.25) is 0 Å². The number of rotatable bonds is 7. The number of amides is 1. The van der Waals surface area contributed by atoms with E-state index >= 15 is 0 Å². The lowest BCUT2D eigenvalue weighted by Gasteiger charge is -2.21. The van der Waals surface area contributed by atoms with Crippen LogP contribution in [0.25, 0.3) is 21.0 Å². The molecule has 0 unspecified atom stereocenters. The molecule has 7 heteroatoms. The number of aromatic nitrogens is 2. The number of benzene rings is 2. The van der Waals surface area contributed by atoms with Crippen molar-refractivity contribution in [3.63, 3.8) is 0 Å². The van der Waals surface area contributed by atoms with Gasteiger partial charge in [-0.25, -0.2) is 4.98 Å². The number of carbonyl (C=O) groups is 1. The van der Waals surface area contributed by atoms with E-state index in [9.17, 15) is 9.59 Å². The summed E-state index contributed by atoms with van der Waals surface area (Å²) >= 11 is 1.50. The fourth-order valence-corrected chi connectivity index (χ4v) is 4.79. The topological polar surface area (TPSA) is 64.4 Å². The minimum Gasteiger partial charge on any atom is -0.493 e. The van der Waals surface area contributed by atoms with Crippen LogP contribution in [0.5, 0.6) is 5.75 Å². The minimum absolute atomic E-state index is 0.0531. The summed E-state index contributed by atoms with van der Waals surface area (Å²) in [5.41, 5.74) is 1.74. The number of likely N-dealkylation sites (N-methyl/N-ethyl adjacent to an activating group) is 1. The van der Waals surface area contributed by atoms with Crippen molar-refractivity contribution < 1.29 is 9.53 Å². The van der Waals surface area contributed by atoms with E-state index in [1.54, 1.807) is 11.9 Å². The van der Waals surface area contributed by atoms with E-state index in [0.29, 0.717) is 18.5 Å². The maximum atomic E-state index is 13.1. The molecule has 0 spiro atoms. The van der Waals surface area contributed by atoms with Crippen LogP contribution < -0.4 is 10.3 Å². The highest BCUT2D eigenvalue weighted by Gasteiger charge is 2.18. The maximum Gasteiger partial charge on any atom is 0.262 e. The molecule has 2 aromatic heterocycles. The molecular formula is C25H27N3O3S. The predicted octanol–water partition coefficient (Wildman–Crippen LogP) is 4.68. The number of ether oxygens (including phenoxy) is 1. The average Bonchev–Trinajstić information content (AvgIpc) is 3.09. The zero-order chi connectivity index (χ0) is 22.8. The van der Waals surface area contributed by atoms with E-state index in [2.05, 4.69) is 18.0 Å². The molecule has 0 bridgehead atoms. The van der Waals surface area contributed by atoms with Gasteiger partial charge in [0.25, 0.3) is 5.56 Å². The molecule has 0 aliphatic heterocycles. The standard InChI is InChI=1S/C25H27N3O3S/c1-5-12-31-21-11-10-18-8-6-7-9-19(18)20(21)13-27(4)22(29)14-28-15-26-24-23(25(28)30)16(2)17(3)32-24/h6-11,15H,5,12-14H2,1-4H3. The van der Waals surface area contributed by atoms with Gasteiger partial charge in [0.15, 0.2) is 0 Å². The molecule has 0 N–H and O–H groups in total. The van der Waals surface area contributed by atoms with Crippen LogP contribution in [0.3, 0.4) is 0 Å². The molecule has 1 amide bonds. The van der Waals surface area contributed by atoms with Gasteiger partial charge in [-0.1, -0.05) is 37.3 Å². The van der Waals surface area contributed by atoms with Gasteiger partial charge in [0.05, 0.1) is 18.3 Å². The third-order valence-electron chi connectivity index (χ3n) is 5.74. The first-order valence-electron chi connectivity index (χ1n) is 10.7. The highest BCUT2D eigenvalue weighted by atomic mass is 32.1. The summed E-state index contributed by atoms with van der Waals surface area (Å²) in [5.74, 6) is 0.627. The van der Waals surface area contributed by atoms with E-state index in [1.165, 1.54) is 22.2 Å². The Bertz CT molecular complexity index is 1360. The summed E-state index contributed by atoms with van der Waals surface area (Å²) in [6, 6.07) is 12.1. The van der Waals surface area contributed by atoms with E-state index in [4.69, 9.17) is 4.74 Å². The predicted molar refractivity (Wildman–Crippen MR) is 130 cm³/mol. The zero-order valence-corrected chi connectivity index (χ0v) is 19.7. The lowest BCUT2D eigenvalue weighted by molar-refractivity contribution is -0.131. The molecule has 0 aliphatic rings. The van der Waals surface area contributed by atoms with Crippen LogP contribution in [-0.4, -0.2) is 34.0 Å². The summed E-state index contributed by atoms with van der Waals surface area (Å²) in [6.07, 6.45) is 2.38. The van der Waals surface area contributed by atoms with Crippen molar-refractivity contribution in [2.45, 2.75) is 40.3 Å². The molecule has 0 aliphatic carbocycles. The minimum atomic E-state index is -0.171. The Balaban J connectivity index is 1.61. The molecule has 6 nitrogen and oxygen atoms in total. The Morgan fingerprint density at radius 2 is 1.97 bits per heavy atom. The second-order valence-corrected chi connectivity index (χ2v) is 9.21. The van der Waals surface area contributed by atoms with Gasteiger partial charge in [-0.05, 0) is 42.7 Å². The molecule has 32 heavy (non-hydrogen) atoms. The Morgan fingerprint density at radius 3 is 2.75 bits per heavy atom. The molecule has 166 valence electrons. The monoisotopic (exact) mass is 449 g/mol. The third kappa shape index (κ3) is 4.12. The number of hydrogen-bond acceptors (Lipinski definition) is 5. The van der Waals surface area contributed by atoms with Crippen LogP contribution in [0.4, 0.5) is 0 Å². The van der Waals surface area contributed by atoms with Crippen molar-refractivity contribution >= 4 is 38.2 Å². The highest BCUT2D eigenvalue weighted by Crippen LogP contribution is 2.30. The maximum absolute atomic E-state index is 13.1. The molecule has 2 aromatic carbocycles. The van der Waals surface area contributed by atoms with Crippen LogP contribution in [0, 0.1) is 13.8 Å². The number of aryl methyl sites for hydroxylation is 2. The molecular weight excluding hydrogens is 422 g/mol. The van der Waals surface area contributed by atoms with Crippen molar-refractivity contribution in [3.8, 4) is 5.75 Å². The van der Waals surface area contributed by atoms with E-state index in [1.807, 2.05) is 44.2 Å². The Labute approximate surface area is 191 Å². The zero-order valence-electron chi connectivity index (χ0n) is 18.8. The number of thiophene rings is 1. The molecule has 0 saturated carbocycles. The van der Waals surface area contributed by atoms with E-state index < -0.39 is 0 Å². The number of fused-ring (bicyclic) bond motifs is 2. The largest absolute Gasteiger partial charge is 0.493 e. The van der Waals surface area contributed by atoms with E-state index in [0.717, 1.165) is 43.8 Å². The average molecular weight is 450 g/mol. The third-order valence-corrected chi connectivity index (χ3v) is 6.86. The first kappa shape index (κ1) is 22.0. The van der Waals surface area contributed by atoms with Crippen molar-refractivity contribution in [2.24, 2.45) is 0 Å². The number of nitrogens with zero attached hydrogens (tertiary/aromatic N) is 3. The van der Waals surface area contributed by atoms with E-state index in [-0.39, 0.29) is 18.0 Å². The van der Waals surface area contributed by atoms with Crippen LogP contribution in [0.1, 0.15) is 29.3 Å². The van der Waals surface area contributed by atoms with Gasteiger partial charge in [-0.2, -0.15) is 0 Å². The summed E-state index contributed by atoms with van der Waals surface area (Å²) in [4.78, 5) is 33.9.